The lowest BCUT2D eigenvalue weighted by molar-refractivity contribution is -0.0236. The molecule has 0 aromatic heterocycles. The molecule has 3 heteroatoms. The number of hydrogen-bond donors (Lipinski definition) is 0. The smallest absolute Gasteiger partial charge is 0.0621 e. The fraction of sp³-hybridized carbons (Fsp3) is 1.00. The molecule has 11 rings (SSSR count). The van der Waals surface area contributed by atoms with Gasteiger partial charge in [-0.1, -0.05) is 83.5 Å². The second kappa shape index (κ2) is 15.2. The maximum atomic E-state index is 6.91. The van der Waals surface area contributed by atoms with Crippen molar-refractivity contribution in [1.29, 1.82) is 0 Å². The summed E-state index contributed by atoms with van der Waals surface area (Å²) >= 11 is 2.62. The van der Waals surface area contributed by atoms with Crippen LogP contribution in [0.2, 0.25) is 0 Å². The molecule has 0 N–H and O–H groups in total. The Bertz CT molecular complexity index is 1210. The lowest BCUT2D eigenvalue weighted by Crippen LogP contribution is -2.54. The Kier molecular flexibility index (Phi) is 10.4. The van der Waals surface area contributed by atoms with Crippen LogP contribution in [0.4, 0.5) is 0 Å². The Balaban J connectivity index is 0.814. The van der Waals surface area contributed by atoms with Crippen molar-refractivity contribution < 1.29 is 4.74 Å². The summed E-state index contributed by atoms with van der Waals surface area (Å²) in [6.45, 7) is 0. The van der Waals surface area contributed by atoms with Gasteiger partial charge in [0.2, 0.25) is 0 Å². The van der Waals surface area contributed by atoms with Crippen molar-refractivity contribution in [3.8, 4) is 0 Å². The number of nitrogens with zero attached hydrogens (tertiary/aromatic N) is 1. The van der Waals surface area contributed by atoms with Gasteiger partial charge in [-0.3, -0.25) is 4.90 Å². The van der Waals surface area contributed by atoms with E-state index in [1.165, 1.54) is 64.2 Å². The van der Waals surface area contributed by atoms with Gasteiger partial charge < -0.3 is 4.74 Å². The van der Waals surface area contributed by atoms with Gasteiger partial charge in [0.25, 0.3) is 0 Å². The topological polar surface area (TPSA) is 12.5 Å². The molecule has 11 aliphatic rings. The third kappa shape index (κ3) is 6.38. The van der Waals surface area contributed by atoms with E-state index in [4.69, 9.17) is 4.74 Å². The maximum Gasteiger partial charge on any atom is 0.0621 e. The first-order valence-corrected chi connectivity index (χ1v) is 25.8. The molecule has 2 nitrogen and oxygen atoms in total. The normalized spacial score (nSPS) is 53.7. The summed E-state index contributed by atoms with van der Waals surface area (Å²) in [5, 5.41) is 1.94. The molecular formula is C49H79NOS. The summed E-state index contributed by atoms with van der Waals surface area (Å²) in [4.78, 5) is 3.42. The lowest BCUT2D eigenvalue weighted by atomic mass is 9.62. The Labute approximate surface area is 324 Å². The van der Waals surface area contributed by atoms with Gasteiger partial charge in [0.05, 0.1) is 12.2 Å². The SMILES string of the molecule is C1CCC(C2CCC(N(C3CCC4C(CC5CCCCC54)C3)C3CCCC(C4CCCC5C6CCC7OC8CCCCC8C7C6SC45)C3)CC2)CC1. The Morgan fingerprint density at radius 1 is 0.327 bits per heavy atom. The average molecular weight is 730 g/mol. The molecule has 0 spiro atoms. The highest BCUT2D eigenvalue weighted by Gasteiger charge is 2.60. The van der Waals surface area contributed by atoms with Crippen molar-refractivity contribution in [2.24, 2.45) is 71.0 Å². The van der Waals surface area contributed by atoms with E-state index in [9.17, 15) is 0 Å². The van der Waals surface area contributed by atoms with Crippen LogP contribution in [0.25, 0.3) is 0 Å². The minimum Gasteiger partial charge on any atom is -0.374 e. The Hall–Kier alpha value is 0.270. The summed E-state index contributed by atoms with van der Waals surface area (Å²) in [6.07, 6.45) is 47.5. The zero-order valence-electron chi connectivity index (χ0n) is 33.4. The largest absolute Gasteiger partial charge is 0.374 e. The molecule has 9 aliphatic carbocycles. The number of fused-ring (bicyclic) bond motifs is 10. The van der Waals surface area contributed by atoms with Gasteiger partial charge in [-0.15, -0.1) is 0 Å². The van der Waals surface area contributed by atoms with E-state index < -0.39 is 0 Å². The first kappa shape index (κ1) is 35.4. The quantitative estimate of drug-likeness (QED) is 0.280. The van der Waals surface area contributed by atoms with Gasteiger partial charge >= 0.3 is 0 Å². The highest BCUT2D eigenvalue weighted by atomic mass is 32.2. The van der Waals surface area contributed by atoms with Crippen LogP contribution in [0.5, 0.6) is 0 Å². The first-order chi connectivity index (χ1) is 25.8. The number of rotatable bonds is 5. The molecule has 16 atom stereocenters. The molecule has 0 amide bonds. The molecule has 9 saturated carbocycles. The predicted octanol–water partition coefficient (Wildman–Crippen LogP) is 12.9. The molecule has 52 heavy (non-hydrogen) atoms. The first-order valence-electron chi connectivity index (χ1n) is 24.8. The third-order valence-electron chi connectivity index (χ3n) is 20.1. The standard InChI is InChI=1S/C49H79NOS/c1-2-10-31(11-3-1)32-20-22-36(23-21-32)50(38-24-25-40-35(30-38)28-33-12-4-5-15-39(33)40)37-14-8-13-34(29-37)41-17-9-18-42-43-26-27-46-47(49(43)52-48(41)42)44-16-6-7-19-45(44)51-46/h31-49H,1-30H2. The average Bonchev–Trinajstić information content (AvgIpc) is 3.89. The summed E-state index contributed by atoms with van der Waals surface area (Å²) in [7, 11) is 0. The maximum absolute atomic E-state index is 6.91. The van der Waals surface area contributed by atoms with E-state index in [-0.39, 0.29) is 0 Å². The van der Waals surface area contributed by atoms with Crippen LogP contribution in [0.1, 0.15) is 193 Å². The molecule has 2 aliphatic heterocycles. The fourth-order valence-corrected chi connectivity index (χ4v) is 20.7. The van der Waals surface area contributed by atoms with Crippen LogP contribution in [-0.2, 0) is 4.74 Å². The monoisotopic (exact) mass is 730 g/mol. The highest BCUT2D eigenvalue weighted by Crippen LogP contribution is 2.64. The van der Waals surface area contributed by atoms with Gasteiger partial charge in [-0.05, 0) is 174 Å². The van der Waals surface area contributed by atoms with Crippen molar-refractivity contribution in [2.45, 2.75) is 233 Å². The van der Waals surface area contributed by atoms with E-state index in [1.807, 2.05) is 0 Å². The fourth-order valence-electron chi connectivity index (χ4n) is 18.2. The van der Waals surface area contributed by atoms with Crippen LogP contribution in [0, 0.1) is 71.0 Å². The molecule has 292 valence electrons. The third-order valence-corrected chi connectivity index (χ3v) is 22.1. The van der Waals surface area contributed by atoms with E-state index in [1.54, 1.807) is 128 Å². The number of hydrogen-bond acceptors (Lipinski definition) is 3. The molecule has 0 radical (unpaired) electrons. The molecule has 2 heterocycles. The van der Waals surface area contributed by atoms with Crippen molar-refractivity contribution in [1.82, 2.24) is 4.90 Å². The summed E-state index contributed by atoms with van der Waals surface area (Å²) < 4.78 is 6.91. The number of ether oxygens (including phenoxy) is 1. The Morgan fingerprint density at radius 2 is 0.904 bits per heavy atom. The van der Waals surface area contributed by atoms with Crippen molar-refractivity contribution in [3.63, 3.8) is 0 Å². The summed E-state index contributed by atoms with van der Waals surface area (Å²) in [6, 6.07) is 2.75. The van der Waals surface area contributed by atoms with Gasteiger partial charge in [0.1, 0.15) is 0 Å². The van der Waals surface area contributed by atoms with Crippen LogP contribution >= 0.6 is 11.8 Å². The van der Waals surface area contributed by atoms with Gasteiger partial charge in [0.15, 0.2) is 0 Å². The molecule has 16 unspecified atom stereocenters. The lowest BCUT2D eigenvalue weighted by Gasteiger charge is -2.52. The molecular weight excluding hydrogens is 651 g/mol. The highest BCUT2D eigenvalue weighted by molar-refractivity contribution is 8.00. The molecule has 0 aromatic carbocycles. The molecule has 11 fully saturated rings. The van der Waals surface area contributed by atoms with Gasteiger partial charge in [0, 0.05) is 34.5 Å². The van der Waals surface area contributed by atoms with Crippen molar-refractivity contribution in [2.75, 3.05) is 0 Å². The minimum absolute atomic E-state index is 0.625. The second-order valence-corrected chi connectivity index (χ2v) is 23.5. The summed E-state index contributed by atoms with van der Waals surface area (Å²) in [5.74, 6) is 12.5. The van der Waals surface area contributed by atoms with Crippen LogP contribution in [0.15, 0.2) is 0 Å². The number of thioether (sulfide) groups is 1. The van der Waals surface area contributed by atoms with Crippen LogP contribution < -0.4 is 0 Å². The molecule has 2 saturated heterocycles. The van der Waals surface area contributed by atoms with Crippen molar-refractivity contribution in [3.05, 3.63) is 0 Å². The van der Waals surface area contributed by atoms with E-state index in [0.29, 0.717) is 12.2 Å². The zero-order chi connectivity index (χ0) is 34.2. The predicted molar refractivity (Wildman–Crippen MR) is 217 cm³/mol. The van der Waals surface area contributed by atoms with E-state index >= 15 is 0 Å². The minimum atomic E-state index is 0.625. The van der Waals surface area contributed by atoms with Crippen LogP contribution in [0.3, 0.4) is 0 Å². The molecule has 0 bridgehead atoms. The Morgan fingerprint density at radius 3 is 1.81 bits per heavy atom. The van der Waals surface area contributed by atoms with Gasteiger partial charge in [-0.2, -0.15) is 11.8 Å². The van der Waals surface area contributed by atoms with Crippen LogP contribution in [-0.4, -0.2) is 45.7 Å². The molecule has 0 aromatic rings. The van der Waals surface area contributed by atoms with E-state index in [2.05, 4.69) is 16.7 Å². The van der Waals surface area contributed by atoms with Gasteiger partial charge in [-0.25, -0.2) is 0 Å². The van der Waals surface area contributed by atoms with E-state index in [0.717, 1.165) is 99.6 Å². The van der Waals surface area contributed by atoms with Crippen molar-refractivity contribution >= 4 is 11.8 Å². The zero-order valence-corrected chi connectivity index (χ0v) is 34.3. The summed E-state index contributed by atoms with van der Waals surface area (Å²) in [5.41, 5.74) is 0. The second-order valence-electron chi connectivity index (χ2n) is 22.1.